The van der Waals surface area contributed by atoms with Crippen LogP contribution in [0.4, 0.5) is 5.69 Å². The number of sulfonamides is 1. The van der Waals surface area contributed by atoms with E-state index in [1.165, 1.54) is 11.4 Å². The summed E-state index contributed by atoms with van der Waals surface area (Å²) >= 11 is 0. The number of methoxy groups -OCH3 is 1. The van der Waals surface area contributed by atoms with Crippen molar-refractivity contribution < 1.29 is 22.7 Å². The molecule has 0 fully saturated rings. The van der Waals surface area contributed by atoms with E-state index in [4.69, 9.17) is 9.47 Å². The lowest BCUT2D eigenvalue weighted by Gasteiger charge is -2.24. The number of carbonyl (C=O) groups is 1. The molecule has 0 atom stereocenters. The van der Waals surface area contributed by atoms with Crippen LogP contribution in [0.15, 0.2) is 48.5 Å². The van der Waals surface area contributed by atoms with E-state index in [0.717, 1.165) is 17.6 Å². The molecule has 1 N–H and O–H groups in total. The summed E-state index contributed by atoms with van der Waals surface area (Å²) in [6.07, 6.45) is 1.75. The summed E-state index contributed by atoms with van der Waals surface area (Å²) in [4.78, 5) is 12.0. The first-order valence-corrected chi connectivity index (χ1v) is 11.2. The molecule has 0 radical (unpaired) electrons. The number of aryl methyl sites for hydroxylation is 1. The Labute approximate surface area is 172 Å². The van der Waals surface area contributed by atoms with Gasteiger partial charge in [-0.25, -0.2) is 8.42 Å². The summed E-state index contributed by atoms with van der Waals surface area (Å²) in [6.45, 7) is 2.82. The fourth-order valence-electron chi connectivity index (χ4n) is 2.81. The maximum Gasteiger partial charge on any atom is 0.232 e. The van der Waals surface area contributed by atoms with Crippen LogP contribution < -0.4 is 19.1 Å². The third-order valence-electron chi connectivity index (χ3n) is 4.20. The van der Waals surface area contributed by atoms with Crippen LogP contribution in [-0.2, 0) is 14.8 Å². The Balaban J connectivity index is 1.84. The molecule has 8 heteroatoms. The second-order valence-electron chi connectivity index (χ2n) is 6.63. The number of nitrogens with zero attached hydrogens (tertiary/aromatic N) is 1. The molecule has 158 valence electrons. The molecule has 0 heterocycles. The molecule has 0 aliphatic rings. The molecule has 2 aromatic carbocycles. The number of hydrogen-bond acceptors (Lipinski definition) is 5. The molecule has 0 aliphatic heterocycles. The number of para-hydroxylation sites is 1. The third-order valence-corrected chi connectivity index (χ3v) is 5.38. The van der Waals surface area contributed by atoms with Gasteiger partial charge in [0.1, 0.15) is 18.1 Å². The van der Waals surface area contributed by atoms with Crippen molar-refractivity contribution in [3.8, 4) is 11.5 Å². The van der Waals surface area contributed by atoms with E-state index in [1.54, 1.807) is 12.1 Å². The van der Waals surface area contributed by atoms with Crippen LogP contribution >= 0.6 is 0 Å². The van der Waals surface area contributed by atoms with Gasteiger partial charge in [0, 0.05) is 13.0 Å². The molecule has 7 nitrogen and oxygen atoms in total. The van der Waals surface area contributed by atoms with Crippen LogP contribution in [0.3, 0.4) is 0 Å². The number of amides is 1. The first-order valence-electron chi connectivity index (χ1n) is 9.38. The first kappa shape index (κ1) is 22.5. The van der Waals surface area contributed by atoms with Gasteiger partial charge in [-0.3, -0.25) is 9.10 Å². The van der Waals surface area contributed by atoms with Crippen LogP contribution in [0.1, 0.15) is 18.4 Å². The monoisotopic (exact) mass is 420 g/mol. The molecule has 0 saturated carbocycles. The molecule has 2 rings (SSSR count). The van der Waals surface area contributed by atoms with Crippen molar-refractivity contribution in [2.75, 3.05) is 37.4 Å². The van der Waals surface area contributed by atoms with Gasteiger partial charge in [-0.15, -0.1) is 0 Å². The summed E-state index contributed by atoms with van der Waals surface area (Å²) < 4.78 is 36.7. The SMILES string of the molecule is COc1ccc(C)cc1N(CCCC(=O)NCCOc1ccccc1)S(C)(=O)=O. The van der Waals surface area contributed by atoms with Gasteiger partial charge in [-0.1, -0.05) is 24.3 Å². The Hall–Kier alpha value is -2.74. The van der Waals surface area contributed by atoms with Crippen LogP contribution in [0, 0.1) is 6.92 Å². The average Bonchev–Trinajstić information content (AvgIpc) is 2.68. The number of benzene rings is 2. The van der Waals surface area contributed by atoms with Crippen molar-refractivity contribution >= 4 is 21.6 Å². The lowest BCUT2D eigenvalue weighted by Crippen LogP contribution is -2.33. The molecule has 0 aromatic heterocycles. The Bertz CT molecular complexity index is 901. The summed E-state index contributed by atoms with van der Waals surface area (Å²) in [6, 6.07) is 14.7. The van der Waals surface area contributed by atoms with E-state index in [9.17, 15) is 13.2 Å². The van der Waals surface area contributed by atoms with Crippen LogP contribution in [0.5, 0.6) is 11.5 Å². The predicted molar refractivity (Wildman–Crippen MR) is 114 cm³/mol. The van der Waals surface area contributed by atoms with E-state index in [1.807, 2.05) is 43.3 Å². The lowest BCUT2D eigenvalue weighted by atomic mass is 10.2. The molecule has 0 spiro atoms. The van der Waals surface area contributed by atoms with Gasteiger partial charge >= 0.3 is 0 Å². The summed E-state index contributed by atoms with van der Waals surface area (Å²) in [5.74, 6) is 1.08. The highest BCUT2D eigenvalue weighted by Gasteiger charge is 2.21. The van der Waals surface area contributed by atoms with Gasteiger partial charge in [0.25, 0.3) is 0 Å². The predicted octanol–water partition coefficient (Wildman–Crippen LogP) is 2.75. The highest BCUT2D eigenvalue weighted by Crippen LogP contribution is 2.31. The standard InChI is InChI=1S/C21H28N2O5S/c1-17-11-12-20(27-2)19(16-17)23(29(3,25)26)14-7-10-21(24)22-13-15-28-18-8-5-4-6-9-18/h4-6,8-9,11-12,16H,7,10,13-15H2,1-3H3,(H,22,24). The fraction of sp³-hybridized carbons (Fsp3) is 0.381. The van der Waals surface area contributed by atoms with Gasteiger partial charge in [-0.2, -0.15) is 0 Å². The molecule has 0 aliphatic carbocycles. The number of anilines is 1. The lowest BCUT2D eigenvalue weighted by molar-refractivity contribution is -0.121. The van der Waals surface area contributed by atoms with E-state index in [0.29, 0.717) is 31.0 Å². The van der Waals surface area contributed by atoms with E-state index in [2.05, 4.69) is 5.32 Å². The molecular weight excluding hydrogens is 392 g/mol. The van der Waals surface area contributed by atoms with Gasteiger partial charge < -0.3 is 14.8 Å². The number of carbonyl (C=O) groups excluding carboxylic acids is 1. The largest absolute Gasteiger partial charge is 0.495 e. The van der Waals surface area contributed by atoms with E-state index in [-0.39, 0.29) is 18.9 Å². The third kappa shape index (κ3) is 7.30. The normalized spacial score (nSPS) is 11.0. The maximum atomic E-state index is 12.3. The van der Waals surface area contributed by atoms with Crippen LogP contribution in [0.25, 0.3) is 0 Å². The number of rotatable bonds is 11. The summed E-state index contributed by atoms with van der Waals surface area (Å²) in [5, 5.41) is 2.78. The van der Waals surface area contributed by atoms with Crippen LogP contribution in [-0.4, -0.2) is 47.4 Å². The number of nitrogens with one attached hydrogen (secondary N) is 1. The second kappa shape index (κ2) is 10.7. The molecule has 29 heavy (non-hydrogen) atoms. The Morgan fingerprint density at radius 3 is 2.52 bits per heavy atom. The molecule has 0 bridgehead atoms. The van der Waals surface area contributed by atoms with Crippen LogP contribution in [0.2, 0.25) is 0 Å². The second-order valence-corrected chi connectivity index (χ2v) is 8.53. The fourth-order valence-corrected chi connectivity index (χ4v) is 3.77. The van der Waals surface area contributed by atoms with Crippen molar-refractivity contribution in [3.63, 3.8) is 0 Å². The summed E-state index contributed by atoms with van der Waals surface area (Å²) in [7, 11) is -2.02. The average molecular weight is 421 g/mol. The maximum absolute atomic E-state index is 12.3. The van der Waals surface area contributed by atoms with Crippen molar-refractivity contribution in [1.29, 1.82) is 0 Å². The van der Waals surface area contributed by atoms with Gasteiger partial charge in [0.15, 0.2) is 0 Å². The topological polar surface area (TPSA) is 84.9 Å². The smallest absolute Gasteiger partial charge is 0.232 e. The quantitative estimate of drug-likeness (QED) is 0.565. The minimum absolute atomic E-state index is 0.147. The zero-order valence-corrected chi connectivity index (χ0v) is 17.9. The molecule has 0 saturated heterocycles. The zero-order valence-electron chi connectivity index (χ0n) is 17.1. The van der Waals surface area contributed by atoms with Crippen molar-refractivity contribution in [3.05, 3.63) is 54.1 Å². The number of hydrogen-bond donors (Lipinski definition) is 1. The number of ether oxygens (including phenoxy) is 2. The highest BCUT2D eigenvalue weighted by molar-refractivity contribution is 7.92. The highest BCUT2D eigenvalue weighted by atomic mass is 32.2. The van der Waals surface area contributed by atoms with Crippen molar-refractivity contribution in [1.82, 2.24) is 5.32 Å². The minimum Gasteiger partial charge on any atom is -0.495 e. The Morgan fingerprint density at radius 2 is 1.86 bits per heavy atom. The molecular formula is C21H28N2O5S. The molecule has 0 unspecified atom stereocenters. The Kier molecular flexibility index (Phi) is 8.33. The van der Waals surface area contributed by atoms with E-state index < -0.39 is 10.0 Å². The Morgan fingerprint density at radius 1 is 1.14 bits per heavy atom. The van der Waals surface area contributed by atoms with Gasteiger partial charge in [-0.05, 0) is 43.2 Å². The van der Waals surface area contributed by atoms with Gasteiger partial charge in [0.2, 0.25) is 15.9 Å². The van der Waals surface area contributed by atoms with E-state index >= 15 is 0 Å². The zero-order chi connectivity index (χ0) is 21.3. The minimum atomic E-state index is -3.52. The van der Waals surface area contributed by atoms with Crippen molar-refractivity contribution in [2.24, 2.45) is 0 Å². The van der Waals surface area contributed by atoms with Crippen molar-refractivity contribution in [2.45, 2.75) is 19.8 Å². The first-order chi connectivity index (χ1) is 13.8. The molecule has 2 aromatic rings. The summed E-state index contributed by atoms with van der Waals surface area (Å²) in [5.41, 5.74) is 1.40. The molecule has 1 amide bonds. The van der Waals surface area contributed by atoms with Gasteiger partial charge in [0.05, 0.1) is 25.6 Å².